The van der Waals surface area contributed by atoms with E-state index in [4.69, 9.17) is 16.3 Å². The number of nitrogens with zero attached hydrogens (tertiary/aromatic N) is 1. The fourth-order valence-corrected chi connectivity index (χ4v) is 3.79. The van der Waals surface area contributed by atoms with Crippen molar-refractivity contribution < 1.29 is 14.6 Å². The minimum Gasteiger partial charge on any atom is -0.480 e. The number of ether oxygens (including phenoxy) is 1. The Labute approximate surface area is 181 Å². The van der Waals surface area contributed by atoms with Gasteiger partial charge in [0, 0.05) is 12.0 Å². The van der Waals surface area contributed by atoms with E-state index in [9.17, 15) is 15.2 Å². The lowest BCUT2D eigenvalue weighted by Gasteiger charge is -2.30. The fraction of sp³-hybridized carbons (Fsp3) is 0.200. The van der Waals surface area contributed by atoms with Gasteiger partial charge in [-0.3, -0.25) is 4.79 Å². The number of carboxylic acids is 1. The second-order valence-corrected chi connectivity index (χ2v) is 7.77. The van der Waals surface area contributed by atoms with E-state index >= 15 is 0 Å². The lowest BCUT2D eigenvalue weighted by atomic mass is 9.70. The standard InChI is InChI=1S/C25H22ClNO3/c1-17(2)25(16-27,24(28)29)21-13-14-22(26)23(30-19-11-7-4-8-12-19)20(21)15-18-9-5-3-6-10-18/h3-14,17H,15H2,1-2H3,(H,28,29). The number of para-hydroxylation sites is 1. The fourth-order valence-electron chi connectivity index (χ4n) is 3.57. The quantitative estimate of drug-likeness (QED) is 0.493. The van der Waals surface area contributed by atoms with Gasteiger partial charge in [-0.15, -0.1) is 0 Å². The number of halogens is 1. The Kier molecular flexibility index (Phi) is 6.44. The van der Waals surface area contributed by atoms with Gasteiger partial charge < -0.3 is 9.84 Å². The molecule has 0 aliphatic heterocycles. The van der Waals surface area contributed by atoms with Crippen molar-refractivity contribution in [2.45, 2.75) is 25.7 Å². The first-order valence-electron chi connectivity index (χ1n) is 9.63. The molecule has 3 aromatic rings. The van der Waals surface area contributed by atoms with E-state index in [1.54, 1.807) is 38.1 Å². The first-order valence-corrected chi connectivity index (χ1v) is 10.0. The van der Waals surface area contributed by atoms with Crippen LogP contribution < -0.4 is 4.74 Å². The molecule has 5 heteroatoms. The van der Waals surface area contributed by atoms with E-state index in [0.29, 0.717) is 34.1 Å². The number of nitriles is 1. The largest absolute Gasteiger partial charge is 0.480 e. The Morgan fingerprint density at radius 2 is 1.67 bits per heavy atom. The maximum atomic E-state index is 12.4. The summed E-state index contributed by atoms with van der Waals surface area (Å²) in [4.78, 5) is 12.4. The highest BCUT2D eigenvalue weighted by Gasteiger charge is 2.46. The molecule has 1 unspecified atom stereocenters. The van der Waals surface area contributed by atoms with Gasteiger partial charge in [-0.2, -0.15) is 5.26 Å². The van der Waals surface area contributed by atoms with Crippen LogP contribution in [0.5, 0.6) is 11.5 Å². The summed E-state index contributed by atoms with van der Waals surface area (Å²) in [6, 6.07) is 24.1. The SMILES string of the molecule is CC(C)C(C#N)(C(=O)O)c1ccc(Cl)c(Oc2ccccc2)c1Cc1ccccc1. The second-order valence-electron chi connectivity index (χ2n) is 7.36. The van der Waals surface area contributed by atoms with Crippen LogP contribution in [-0.2, 0) is 16.6 Å². The van der Waals surface area contributed by atoms with Crippen LogP contribution in [0.2, 0.25) is 5.02 Å². The molecule has 0 aliphatic carbocycles. The minimum atomic E-state index is -1.73. The van der Waals surface area contributed by atoms with Crippen LogP contribution in [-0.4, -0.2) is 11.1 Å². The Bertz CT molecular complexity index is 1070. The van der Waals surface area contributed by atoms with Gasteiger partial charge in [-0.05, 0) is 35.2 Å². The third kappa shape index (κ3) is 4.03. The van der Waals surface area contributed by atoms with Crippen LogP contribution in [0.25, 0.3) is 0 Å². The van der Waals surface area contributed by atoms with Crippen LogP contribution in [0.15, 0.2) is 72.8 Å². The van der Waals surface area contributed by atoms with Gasteiger partial charge in [-0.1, -0.05) is 80.0 Å². The summed E-state index contributed by atoms with van der Waals surface area (Å²) in [5.41, 5.74) is 0.213. The molecule has 0 radical (unpaired) electrons. The van der Waals surface area contributed by atoms with Crippen molar-refractivity contribution in [3.63, 3.8) is 0 Å². The molecule has 4 nitrogen and oxygen atoms in total. The Morgan fingerprint density at radius 1 is 1.07 bits per heavy atom. The van der Waals surface area contributed by atoms with Crippen LogP contribution >= 0.6 is 11.6 Å². The molecule has 3 aromatic carbocycles. The lowest BCUT2D eigenvalue weighted by Crippen LogP contribution is -2.40. The minimum absolute atomic E-state index is 0.356. The molecule has 0 spiro atoms. The van der Waals surface area contributed by atoms with Crippen LogP contribution in [0.3, 0.4) is 0 Å². The van der Waals surface area contributed by atoms with Gasteiger partial charge in [0.2, 0.25) is 0 Å². The lowest BCUT2D eigenvalue weighted by molar-refractivity contribution is -0.143. The van der Waals surface area contributed by atoms with Crippen molar-refractivity contribution in [3.05, 3.63) is 94.5 Å². The maximum absolute atomic E-state index is 12.4. The summed E-state index contributed by atoms with van der Waals surface area (Å²) in [7, 11) is 0. The molecule has 1 N–H and O–H groups in total. The molecular formula is C25H22ClNO3. The van der Waals surface area contributed by atoms with E-state index < -0.39 is 17.3 Å². The molecule has 0 amide bonds. The van der Waals surface area contributed by atoms with Crippen molar-refractivity contribution >= 4 is 17.6 Å². The average Bonchev–Trinajstić information content (AvgIpc) is 2.74. The molecule has 0 aromatic heterocycles. The topological polar surface area (TPSA) is 70.3 Å². The Morgan fingerprint density at radius 3 is 2.20 bits per heavy atom. The number of aliphatic carboxylic acids is 1. The van der Waals surface area contributed by atoms with E-state index in [0.717, 1.165) is 5.56 Å². The van der Waals surface area contributed by atoms with Gasteiger partial charge >= 0.3 is 5.97 Å². The predicted octanol–water partition coefficient (Wildman–Crippen LogP) is 6.23. The molecule has 152 valence electrons. The van der Waals surface area contributed by atoms with E-state index in [1.807, 2.05) is 48.5 Å². The third-order valence-electron chi connectivity index (χ3n) is 5.20. The van der Waals surface area contributed by atoms with Crippen LogP contribution in [0.4, 0.5) is 0 Å². The highest BCUT2D eigenvalue weighted by atomic mass is 35.5. The monoisotopic (exact) mass is 419 g/mol. The molecule has 0 fully saturated rings. The number of hydrogen-bond acceptors (Lipinski definition) is 3. The van der Waals surface area contributed by atoms with Crippen LogP contribution in [0.1, 0.15) is 30.5 Å². The van der Waals surface area contributed by atoms with Crippen molar-refractivity contribution in [3.8, 4) is 17.6 Å². The number of benzene rings is 3. The van der Waals surface area contributed by atoms with Gasteiger partial charge in [0.25, 0.3) is 0 Å². The van der Waals surface area contributed by atoms with Crippen molar-refractivity contribution in [2.24, 2.45) is 5.92 Å². The highest BCUT2D eigenvalue weighted by molar-refractivity contribution is 6.32. The van der Waals surface area contributed by atoms with Crippen molar-refractivity contribution in [1.29, 1.82) is 5.26 Å². The average molecular weight is 420 g/mol. The van der Waals surface area contributed by atoms with Crippen molar-refractivity contribution in [2.75, 3.05) is 0 Å². The predicted molar refractivity (Wildman–Crippen MR) is 117 cm³/mol. The summed E-state index contributed by atoms with van der Waals surface area (Å²) >= 11 is 6.51. The van der Waals surface area contributed by atoms with Gasteiger partial charge in [0.05, 0.1) is 11.1 Å². The molecule has 0 aliphatic rings. The first-order chi connectivity index (χ1) is 14.4. The van der Waals surface area contributed by atoms with Crippen LogP contribution in [0, 0.1) is 17.2 Å². The Hall–Kier alpha value is -3.29. The van der Waals surface area contributed by atoms with E-state index in [1.165, 1.54) is 0 Å². The van der Waals surface area contributed by atoms with Crippen molar-refractivity contribution in [1.82, 2.24) is 0 Å². The zero-order valence-corrected chi connectivity index (χ0v) is 17.6. The molecule has 3 rings (SSSR count). The zero-order valence-electron chi connectivity index (χ0n) is 16.8. The maximum Gasteiger partial charge on any atom is 0.328 e. The Balaban J connectivity index is 2.28. The summed E-state index contributed by atoms with van der Waals surface area (Å²) < 4.78 is 6.12. The summed E-state index contributed by atoms with van der Waals surface area (Å²) in [6.07, 6.45) is 0.377. The smallest absolute Gasteiger partial charge is 0.328 e. The summed E-state index contributed by atoms with van der Waals surface area (Å²) in [5.74, 6) is -0.721. The normalized spacial score (nSPS) is 12.8. The number of carbonyl (C=O) groups is 1. The molecule has 1 atom stereocenters. The van der Waals surface area contributed by atoms with Gasteiger partial charge in [0.1, 0.15) is 11.5 Å². The number of rotatable bonds is 7. The van der Waals surface area contributed by atoms with E-state index in [-0.39, 0.29) is 0 Å². The number of carboxylic acid groups (broad SMARTS) is 1. The third-order valence-corrected chi connectivity index (χ3v) is 5.50. The molecule has 0 bridgehead atoms. The van der Waals surface area contributed by atoms with E-state index in [2.05, 4.69) is 6.07 Å². The second kappa shape index (κ2) is 9.02. The zero-order chi connectivity index (χ0) is 21.7. The molecule has 0 heterocycles. The molecule has 0 saturated carbocycles. The van der Waals surface area contributed by atoms with Gasteiger partial charge in [-0.25, -0.2) is 0 Å². The summed E-state index contributed by atoms with van der Waals surface area (Å²) in [5, 5.41) is 20.5. The molecular weight excluding hydrogens is 398 g/mol. The van der Waals surface area contributed by atoms with Gasteiger partial charge in [0.15, 0.2) is 5.41 Å². The highest BCUT2D eigenvalue weighted by Crippen LogP contribution is 2.43. The summed E-state index contributed by atoms with van der Waals surface area (Å²) in [6.45, 7) is 3.46. The first kappa shape index (κ1) is 21.4. The molecule has 0 saturated heterocycles. The molecule has 30 heavy (non-hydrogen) atoms. The number of hydrogen-bond donors (Lipinski definition) is 1.